The number of hydrogen-bond donors (Lipinski definition) is 1. The van der Waals surface area contributed by atoms with Gasteiger partial charge in [-0.15, -0.1) is 10.2 Å². The fourth-order valence-corrected chi connectivity index (χ4v) is 3.66. The number of hydrogen-bond acceptors (Lipinski definition) is 5. The number of fused-ring (bicyclic) bond motifs is 2. The molecule has 5 rings (SSSR count). The normalized spacial score (nSPS) is 11.9. The molecule has 172 valence electrons. The van der Waals surface area contributed by atoms with Crippen molar-refractivity contribution in [3.05, 3.63) is 77.2 Å². The molecule has 0 aliphatic rings. The first kappa shape index (κ1) is 21.5. The predicted molar refractivity (Wildman–Crippen MR) is 113 cm³/mol. The fourth-order valence-electron chi connectivity index (χ4n) is 3.66. The summed E-state index contributed by atoms with van der Waals surface area (Å²) in [6.45, 7) is 0. The van der Waals surface area contributed by atoms with Crippen LogP contribution in [-0.2, 0) is 13.0 Å². The second kappa shape index (κ2) is 7.61. The minimum atomic E-state index is -3.90. The summed E-state index contributed by atoms with van der Waals surface area (Å²) in [5.41, 5.74) is -0.509. The van der Waals surface area contributed by atoms with Crippen molar-refractivity contribution in [2.24, 2.45) is 7.05 Å². The van der Waals surface area contributed by atoms with Crippen LogP contribution in [0.1, 0.15) is 21.7 Å². The summed E-state index contributed by atoms with van der Waals surface area (Å²) in [7, 11) is 2.96. The van der Waals surface area contributed by atoms with Gasteiger partial charge in [-0.05, 0) is 30.3 Å². The third-order valence-electron chi connectivity index (χ3n) is 5.33. The molecule has 0 aliphatic carbocycles. The highest BCUT2D eigenvalue weighted by atomic mass is 19.3. The van der Waals surface area contributed by atoms with E-state index in [0.717, 1.165) is 22.7 Å². The number of carbonyl (C=O) groups is 1. The zero-order valence-corrected chi connectivity index (χ0v) is 17.7. The number of carbonyl (C=O) groups excluding carboxylic acids is 1. The maximum absolute atomic E-state index is 15.5. The highest BCUT2D eigenvalue weighted by molar-refractivity contribution is 5.94. The monoisotopic (exact) mass is 469 g/mol. The van der Waals surface area contributed by atoms with Crippen LogP contribution in [0.2, 0.25) is 0 Å². The minimum Gasteiger partial charge on any atom is -0.355 e. The average molecular weight is 469 g/mol. The van der Waals surface area contributed by atoms with Crippen molar-refractivity contribution >= 4 is 22.5 Å². The summed E-state index contributed by atoms with van der Waals surface area (Å²) in [5.74, 6) is -7.38. The maximum Gasteiger partial charge on any atom is 0.336 e. The van der Waals surface area contributed by atoms with Crippen LogP contribution in [0.25, 0.3) is 27.8 Å². The van der Waals surface area contributed by atoms with Crippen molar-refractivity contribution in [2.45, 2.75) is 5.92 Å². The van der Waals surface area contributed by atoms with Gasteiger partial charge < -0.3 is 5.32 Å². The Hall–Kier alpha value is -4.35. The molecule has 34 heavy (non-hydrogen) atoms. The molecule has 8 nitrogen and oxygen atoms in total. The number of nitrogens with one attached hydrogen (secondary N) is 1. The largest absolute Gasteiger partial charge is 0.355 e. The SMILES string of the molecule is CNC(=O)c1ccc(-c2ccc3nnc(C(F)(F)c4cc5cn(C)nc5cc4F)n3n2)cc1F. The summed E-state index contributed by atoms with van der Waals surface area (Å²) in [5, 5.41) is 18.1. The van der Waals surface area contributed by atoms with Crippen molar-refractivity contribution in [3.8, 4) is 11.3 Å². The first-order chi connectivity index (χ1) is 16.2. The van der Waals surface area contributed by atoms with Crippen molar-refractivity contribution < 1.29 is 22.4 Å². The van der Waals surface area contributed by atoms with Crippen molar-refractivity contribution in [1.29, 1.82) is 0 Å². The van der Waals surface area contributed by atoms with Gasteiger partial charge in [0.2, 0.25) is 5.82 Å². The van der Waals surface area contributed by atoms with Gasteiger partial charge in [0.15, 0.2) is 5.65 Å². The Balaban J connectivity index is 1.62. The Morgan fingerprint density at radius 3 is 2.53 bits per heavy atom. The van der Waals surface area contributed by atoms with Gasteiger partial charge in [-0.1, -0.05) is 6.07 Å². The third kappa shape index (κ3) is 3.34. The molecule has 0 saturated carbocycles. The Morgan fingerprint density at radius 1 is 1.00 bits per heavy atom. The van der Waals surface area contributed by atoms with E-state index in [9.17, 15) is 13.6 Å². The molecule has 0 fully saturated rings. The minimum absolute atomic E-state index is 0.0104. The van der Waals surface area contributed by atoms with Gasteiger partial charge >= 0.3 is 5.92 Å². The van der Waals surface area contributed by atoms with Crippen LogP contribution in [0.5, 0.6) is 0 Å². The zero-order valence-electron chi connectivity index (χ0n) is 17.7. The first-order valence-electron chi connectivity index (χ1n) is 9.95. The number of halogens is 4. The molecule has 2 aromatic carbocycles. The number of rotatable bonds is 4. The number of aryl methyl sites for hydroxylation is 1. The van der Waals surface area contributed by atoms with Gasteiger partial charge in [0.25, 0.3) is 5.91 Å². The molecule has 5 aromatic rings. The van der Waals surface area contributed by atoms with Crippen molar-refractivity contribution in [2.75, 3.05) is 7.05 Å². The van der Waals surface area contributed by atoms with Gasteiger partial charge in [0.1, 0.15) is 11.6 Å². The summed E-state index contributed by atoms with van der Waals surface area (Å²) >= 11 is 0. The van der Waals surface area contributed by atoms with Gasteiger partial charge in [-0.25, -0.2) is 8.78 Å². The van der Waals surface area contributed by atoms with Gasteiger partial charge in [-0.3, -0.25) is 9.48 Å². The summed E-state index contributed by atoms with van der Waals surface area (Å²) in [6.07, 6.45) is 1.49. The maximum atomic E-state index is 15.5. The fraction of sp³-hybridized carbons (Fsp3) is 0.136. The smallest absolute Gasteiger partial charge is 0.336 e. The van der Waals surface area contributed by atoms with Crippen LogP contribution in [0.3, 0.4) is 0 Å². The van der Waals surface area contributed by atoms with E-state index in [2.05, 4.69) is 25.7 Å². The van der Waals surface area contributed by atoms with Crippen LogP contribution in [0.4, 0.5) is 17.6 Å². The van der Waals surface area contributed by atoms with Crippen LogP contribution >= 0.6 is 0 Å². The highest BCUT2D eigenvalue weighted by Gasteiger charge is 2.42. The average Bonchev–Trinajstić information content (AvgIpc) is 3.39. The van der Waals surface area contributed by atoms with Crippen LogP contribution < -0.4 is 5.32 Å². The van der Waals surface area contributed by atoms with Crippen LogP contribution in [0.15, 0.2) is 48.7 Å². The predicted octanol–water partition coefficient (Wildman–Crippen LogP) is 3.46. The lowest BCUT2D eigenvalue weighted by molar-refractivity contribution is 0.0270. The van der Waals surface area contributed by atoms with Gasteiger partial charge in [-0.2, -0.15) is 23.5 Å². The molecular formula is C22H15F4N7O. The Bertz CT molecular complexity index is 1590. The summed E-state index contributed by atoms with van der Waals surface area (Å²) < 4.78 is 62.2. The molecule has 3 aromatic heterocycles. The van der Waals surface area contributed by atoms with E-state index in [1.54, 1.807) is 7.05 Å². The molecule has 0 radical (unpaired) electrons. The summed E-state index contributed by atoms with van der Waals surface area (Å²) in [6, 6.07) is 8.52. The molecule has 0 aliphatic heterocycles. The lowest BCUT2D eigenvalue weighted by Gasteiger charge is -2.15. The standard InChI is InChI=1S/C22H15F4N7O/c1-27-20(34)13-4-3-11(8-15(13)23)17-5-6-19-28-29-21(33(19)31-17)22(25,26)14-7-12-10-32(2)30-18(12)9-16(14)24/h3-10H,1-2H3,(H,27,34). The molecule has 0 atom stereocenters. The van der Waals surface area contributed by atoms with E-state index in [1.165, 1.54) is 42.2 Å². The number of alkyl halides is 2. The Labute approximate surface area is 188 Å². The van der Waals surface area contributed by atoms with Gasteiger partial charge in [0.05, 0.1) is 22.3 Å². The molecule has 0 unspecified atom stereocenters. The number of aromatic nitrogens is 6. The lowest BCUT2D eigenvalue weighted by Crippen LogP contribution is -2.22. The molecule has 1 N–H and O–H groups in total. The lowest BCUT2D eigenvalue weighted by atomic mass is 10.0. The number of benzene rings is 2. The number of nitrogens with zero attached hydrogens (tertiary/aromatic N) is 6. The zero-order chi connectivity index (χ0) is 24.2. The molecule has 0 saturated heterocycles. The molecule has 12 heteroatoms. The second-order valence-electron chi connectivity index (χ2n) is 7.55. The Morgan fingerprint density at radius 2 is 1.79 bits per heavy atom. The third-order valence-corrected chi connectivity index (χ3v) is 5.33. The van der Waals surface area contributed by atoms with Crippen LogP contribution in [-0.4, -0.2) is 42.5 Å². The van der Waals surface area contributed by atoms with E-state index in [1.807, 2.05) is 0 Å². The van der Waals surface area contributed by atoms with Crippen molar-refractivity contribution in [3.63, 3.8) is 0 Å². The molecule has 0 spiro atoms. The second-order valence-corrected chi connectivity index (χ2v) is 7.55. The van der Waals surface area contributed by atoms with E-state index in [0.29, 0.717) is 5.39 Å². The van der Waals surface area contributed by atoms with E-state index in [4.69, 9.17) is 0 Å². The van der Waals surface area contributed by atoms with Crippen LogP contribution in [0, 0.1) is 11.6 Å². The summed E-state index contributed by atoms with van der Waals surface area (Å²) in [4.78, 5) is 11.7. The molecule has 3 heterocycles. The van der Waals surface area contributed by atoms with Crippen molar-refractivity contribution in [1.82, 2.24) is 34.9 Å². The van der Waals surface area contributed by atoms with Gasteiger partial charge in [0, 0.05) is 37.3 Å². The Kier molecular flexibility index (Phi) is 4.81. The van der Waals surface area contributed by atoms with E-state index >= 15 is 8.78 Å². The molecule has 1 amide bonds. The highest BCUT2D eigenvalue weighted by Crippen LogP contribution is 2.37. The molecule has 0 bridgehead atoms. The molecular weight excluding hydrogens is 454 g/mol. The van der Waals surface area contributed by atoms with E-state index < -0.39 is 34.9 Å². The first-order valence-corrected chi connectivity index (χ1v) is 9.95. The quantitative estimate of drug-likeness (QED) is 0.407. The number of amides is 1. The van der Waals surface area contributed by atoms with E-state index in [-0.39, 0.29) is 28.0 Å². The topological polar surface area (TPSA) is 90.0 Å².